The van der Waals surface area contributed by atoms with Crippen LogP contribution in [-0.4, -0.2) is 18.7 Å². The molecule has 0 fully saturated rings. The van der Waals surface area contributed by atoms with Gasteiger partial charge in [-0.3, -0.25) is 4.79 Å². The maximum atomic E-state index is 11.7. The van der Waals surface area contributed by atoms with E-state index in [0.717, 1.165) is 5.56 Å². The molecule has 19 heavy (non-hydrogen) atoms. The van der Waals surface area contributed by atoms with Crippen molar-refractivity contribution >= 4 is 0 Å². The number of benzene rings is 1. The fraction of sp³-hybridized carbons (Fsp3) is 0.200. The zero-order valence-corrected chi connectivity index (χ0v) is 10.9. The molecule has 0 amide bonds. The molecule has 0 atom stereocenters. The van der Waals surface area contributed by atoms with Crippen molar-refractivity contribution in [3.8, 4) is 22.9 Å². The second-order valence-electron chi connectivity index (χ2n) is 3.83. The standard InChI is InChI=1S/C15H15NO3/c1-3-19-13-10-9-12(17)15(18-2)16-14(13)11-7-5-4-6-8-11/h4-10H,3H2,1-2H3. The Hall–Kier alpha value is -2.36. The van der Waals surface area contributed by atoms with E-state index in [4.69, 9.17) is 9.47 Å². The smallest absolute Gasteiger partial charge is 0.262 e. The van der Waals surface area contributed by atoms with Crippen molar-refractivity contribution in [2.24, 2.45) is 0 Å². The van der Waals surface area contributed by atoms with E-state index in [1.165, 1.54) is 13.2 Å². The van der Waals surface area contributed by atoms with Crippen LogP contribution in [0.1, 0.15) is 6.92 Å². The molecule has 98 valence electrons. The van der Waals surface area contributed by atoms with Gasteiger partial charge in [0.2, 0.25) is 5.43 Å². The highest BCUT2D eigenvalue weighted by molar-refractivity contribution is 5.66. The number of nitrogens with zero attached hydrogens (tertiary/aromatic N) is 1. The van der Waals surface area contributed by atoms with Crippen LogP contribution in [0.5, 0.6) is 11.6 Å². The Morgan fingerprint density at radius 2 is 1.84 bits per heavy atom. The summed E-state index contributed by atoms with van der Waals surface area (Å²) in [6.07, 6.45) is 0. The first-order chi connectivity index (χ1) is 9.26. The zero-order valence-electron chi connectivity index (χ0n) is 10.9. The summed E-state index contributed by atoms with van der Waals surface area (Å²) in [5, 5.41) is 0. The van der Waals surface area contributed by atoms with Crippen molar-refractivity contribution < 1.29 is 9.47 Å². The average molecular weight is 257 g/mol. The fourth-order valence-corrected chi connectivity index (χ4v) is 1.73. The van der Waals surface area contributed by atoms with Gasteiger partial charge in [0, 0.05) is 5.56 Å². The van der Waals surface area contributed by atoms with Gasteiger partial charge in [0.15, 0.2) is 0 Å². The molecule has 2 aromatic rings. The lowest BCUT2D eigenvalue weighted by atomic mass is 10.1. The molecule has 0 aliphatic carbocycles. The predicted octanol–water partition coefficient (Wildman–Crippen LogP) is 2.52. The van der Waals surface area contributed by atoms with Crippen LogP contribution in [0.15, 0.2) is 47.3 Å². The van der Waals surface area contributed by atoms with E-state index >= 15 is 0 Å². The summed E-state index contributed by atoms with van der Waals surface area (Å²) < 4.78 is 10.6. The SMILES string of the molecule is CCOc1ccc(=O)c(OC)nc1-c1ccccc1. The Balaban J connectivity index is 2.69. The summed E-state index contributed by atoms with van der Waals surface area (Å²) in [7, 11) is 1.43. The van der Waals surface area contributed by atoms with Gasteiger partial charge in [-0.05, 0) is 19.1 Å². The average Bonchev–Trinajstić information content (AvgIpc) is 2.60. The summed E-state index contributed by atoms with van der Waals surface area (Å²) in [4.78, 5) is 16.0. The van der Waals surface area contributed by atoms with Gasteiger partial charge < -0.3 is 9.47 Å². The van der Waals surface area contributed by atoms with E-state index in [9.17, 15) is 4.79 Å². The van der Waals surface area contributed by atoms with Gasteiger partial charge in [-0.15, -0.1) is 0 Å². The van der Waals surface area contributed by atoms with Crippen molar-refractivity contribution in [1.29, 1.82) is 0 Å². The highest BCUT2D eigenvalue weighted by Crippen LogP contribution is 2.27. The maximum absolute atomic E-state index is 11.7. The quantitative estimate of drug-likeness (QED) is 0.844. The highest BCUT2D eigenvalue weighted by atomic mass is 16.5. The third-order valence-corrected chi connectivity index (χ3v) is 2.58. The minimum Gasteiger partial charge on any atom is -0.492 e. The van der Waals surface area contributed by atoms with Gasteiger partial charge in [-0.25, -0.2) is 4.98 Å². The third-order valence-electron chi connectivity index (χ3n) is 2.58. The lowest BCUT2D eigenvalue weighted by molar-refractivity contribution is 0.340. The normalized spacial score (nSPS) is 10.0. The monoisotopic (exact) mass is 257 g/mol. The zero-order chi connectivity index (χ0) is 13.7. The van der Waals surface area contributed by atoms with Crippen molar-refractivity contribution in [3.63, 3.8) is 0 Å². The van der Waals surface area contributed by atoms with Gasteiger partial charge in [0.05, 0.1) is 13.7 Å². The number of ether oxygens (including phenoxy) is 2. The molecule has 0 aliphatic rings. The Labute approximate surface area is 111 Å². The molecule has 0 N–H and O–H groups in total. The summed E-state index contributed by atoms with van der Waals surface area (Å²) in [6, 6.07) is 12.6. The lowest BCUT2D eigenvalue weighted by Crippen LogP contribution is -2.02. The van der Waals surface area contributed by atoms with Crippen LogP contribution in [0, 0.1) is 0 Å². The van der Waals surface area contributed by atoms with Crippen molar-refractivity contribution in [1.82, 2.24) is 4.98 Å². The fourth-order valence-electron chi connectivity index (χ4n) is 1.73. The second kappa shape index (κ2) is 6.00. The molecule has 1 heterocycles. The third kappa shape index (κ3) is 2.91. The first-order valence-corrected chi connectivity index (χ1v) is 6.03. The van der Waals surface area contributed by atoms with Gasteiger partial charge in [0.1, 0.15) is 11.4 Å². The number of hydrogen-bond acceptors (Lipinski definition) is 4. The Bertz CT molecular complexity index is 611. The summed E-state index contributed by atoms with van der Waals surface area (Å²) in [5.41, 5.74) is 1.20. The van der Waals surface area contributed by atoms with Gasteiger partial charge >= 0.3 is 0 Å². The molecular weight excluding hydrogens is 242 g/mol. The molecule has 0 spiro atoms. The summed E-state index contributed by atoms with van der Waals surface area (Å²) in [6.45, 7) is 2.39. The van der Waals surface area contributed by atoms with E-state index in [1.54, 1.807) is 6.07 Å². The Morgan fingerprint density at radius 3 is 2.47 bits per heavy atom. The van der Waals surface area contributed by atoms with Crippen LogP contribution >= 0.6 is 0 Å². The van der Waals surface area contributed by atoms with Crippen molar-refractivity contribution in [2.45, 2.75) is 6.92 Å². The molecule has 0 saturated heterocycles. The van der Waals surface area contributed by atoms with Gasteiger partial charge in [0.25, 0.3) is 5.88 Å². The van der Waals surface area contributed by atoms with E-state index in [2.05, 4.69) is 4.98 Å². The number of hydrogen-bond donors (Lipinski definition) is 0. The molecule has 2 rings (SSSR count). The first-order valence-electron chi connectivity index (χ1n) is 6.03. The first kappa shape index (κ1) is 13.1. The van der Waals surface area contributed by atoms with Crippen LogP contribution in [0.25, 0.3) is 11.3 Å². The number of rotatable bonds is 4. The molecule has 1 aromatic carbocycles. The van der Waals surface area contributed by atoms with E-state index < -0.39 is 0 Å². The maximum Gasteiger partial charge on any atom is 0.262 e. The van der Waals surface area contributed by atoms with Crippen LogP contribution in [0.3, 0.4) is 0 Å². The molecular formula is C15H15NO3. The topological polar surface area (TPSA) is 48.4 Å². The molecule has 0 saturated carbocycles. The van der Waals surface area contributed by atoms with Crippen LogP contribution in [-0.2, 0) is 0 Å². The largest absolute Gasteiger partial charge is 0.492 e. The minimum absolute atomic E-state index is 0.0600. The van der Waals surface area contributed by atoms with E-state index in [-0.39, 0.29) is 11.3 Å². The number of methoxy groups -OCH3 is 1. The van der Waals surface area contributed by atoms with Crippen LogP contribution in [0.2, 0.25) is 0 Å². The molecule has 4 heteroatoms. The molecule has 0 bridgehead atoms. The molecule has 0 aliphatic heterocycles. The predicted molar refractivity (Wildman–Crippen MR) is 73.7 cm³/mol. The number of aromatic nitrogens is 1. The minimum atomic E-state index is -0.273. The molecule has 4 nitrogen and oxygen atoms in total. The van der Waals surface area contributed by atoms with E-state index in [0.29, 0.717) is 18.1 Å². The van der Waals surface area contributed by atoms with Gasteiger partial charge in [-0.2, -0.15) is 0 Å². The van der Waals surface area contributed by atoms with Crippen molar-refractivity contribution in [2.75, 3.05) is 13.7 Å². The molecule has 0 radical (unpaired) electrons. The summed E-state index contributed by atoms with van der Waals surface area (Å²) in [5.74, 6) is 0.624. The van der Waals surface area contributed by atoms with E-state index in [1.807, 2.05) is 37.3 Å². The Morgan fingerprint density at radius 1 is 1.11 bits per heavy atom. The lowest BCUT2D eigenvalue weighted by Gasteiger charge is -2.06. The molecule has 1 aromatic heterocycles. The van der Waals surface area contributed by atoms with Crippen molar-refractivity contribution in [3.05, 3.63) is 52.7 Å². The molecule has 0 unspecified atom stereocenters. The van der Waals surface area contributed by atoms with Crippen LogP contribution in [0.4, 0.5) is 0 Å². The highest BCUT2D eigenvalue weighted by Gasteiger charge is 2.10. The van der Waals surface area contributed by atoms with Crippen LogP contribution < -0.4 is 14.9 Å². The van der Waals surface area contributed by atoms with Gasteiger partial charge in [-0.1, -0.05) is 30.3 Å². The Kier molecular flexibility index (Phi) is 4.13. The summed E-state index contributed by atoms with van der Waals surface area (Å²) >= 11 is 0. The second-order valence-corrected chi connectivity index (χ2v) is 3.83.